The van der Waals surface area contributed by atoms with Gasteiger partial charge in [0.05, 0.1) is 22.1 Å². The van der Waals surface area contributed by atoms with Crippen molar-refractivity contribution in [3.63, 3.8) is 0 Å². The molecule has 0 saturated heterocycles. The lowest BCUT2D eigenvalue weighted by molar-refractivity contribution is -0.155. The van der Waals surface area contributed by atoms with E-state index in [1.807, 2.05) is 10.6 Å². The molecule has 0 saturated carbocycles. The largest absolute Gasteiger partial charge is 0.468 e. The van der Waals surface area contributed by atoms with Crippen LogP contribution in [0, 0.1) is 0 Å². The number of rotatable bonds is 14. The molecular formula is C30H22F18N8O7S2. The number of methoxy groups -OCH3 is 1. The molecule has 0 aliphatic rings. The Morgan fingerprint density at radius 3 is 1.22 bits per heavy atom. The Bertz CT molecular complexity index is 2120. The minimum Gasteiger partial charge on any atom is -0.468 e. The summed E-state index contributed by atoms with van der Waals surface area (Å²) in [7, 11) is 1.07. The molecule has 4 aromatic heterocycles. The van der Waals surface area contributed by atoms with Crippen LogP contribution in [0.15, 0.2) is 36.4 Å². The minimum absolute atomic E-state index is 0.162. The van der Waals surface area contributed by atoms with Crippen LogP contribution in [-0.2, 0) is 17.1 Å². The van der Waals surface area contributed by atoms with Gasteiger partial charge in [-0.05, 0) is 24.3 Å². The van der Waals surface area contributed by atoms with Crippen molar-refractivity contribution in [1.29, 1.82) is 0 Å². The zero-order valence-electron chi connectivity index (χ0n) is 31.2. The highest BCUT2D eigenvalue weighted by Crippen LogP contribution is 2.38. The van der Waals surface area contributed by atoms with Crippen molar-refractivity contribution < 1.29 is 112 Å². The maximum atomic E-state index is 12.7. The number of hydrogen-bond acceptors (Lipinski definition) is 13. The molecule has 0 aliphatic heterocycles. The molecule has 4 heterocycles. The molecule has 4 amide bonds. The zero-order valence-corrected chi connectivity index (χ0v) is 32.8. The first kappa shape index (κ1) is 53.3. The van der Waals surface area contributed by atoms with Gasteiger partial charge in [-0.1, -0.05) is 0 Å². The first-order valence-corrected chi connectivity index (χ1v) is 17.9. The number of alkyl halides is 18. The minimum atomic E-state index is -4.84. The molecule has 65 heavy (non-hydrogen) atoms. The van der Waals surface area contributed by atoms with Crippen LogP contribution in [0.2, 0.25) is 0 Å². The molecule has 0 radical (unpaired) electrons. The maximum Gasteiger partial charge on any atom is 0.425 e. The average Bonchev–Trinajstić information content (AvgIpc) is 3.83. The molecule has 4 aromatic rings. The third kappa shape index (κ3) is 20.2. The van der Waals surface area contributed by atoms with Gasteiger partial charge < -0.3 is 23.7 Å². The second kappa shape index (κ2) is 21.3. The number of hydrogen-bond donors (Lipinski definition) is 3. The number of nitrogens with zero attached hydrogens (tertiary/aromatic N) is 5. The molecule has 0 fully saturated rings. The number of amides is 4. The number of thiophene rings is 2. The molecule has 0 spiro atoms. The van der Waals surface area contributed by atoms with Crippen molar-refractivity contribution in [3.8, 4) is 23.5 Å². The second-order valence-corrected chi connectivity index (χ2v) is 13.7. The fraction of sp³-hybridized carbons (Fsp3) is 0.400. The summed E-state index contributed by atoms with van der Waals surface area (Å²) in [4.78, 5) is 36.6. The first-order valence-electron chi connectivity index (χ1n) is 16.2. The van der Waals surface area contributed by atoms with Gasteiger partial charge in [0.25, 0.3) is 0 Å². The summed E-state index contributed by atoms with van der Waals surface area (Å²) in [5, 5.41) is 5.36. The number of urea groups is 2. The summed E-state index contributed by atoms with van der Waals surface area (Å²) in [6, 6.07) is 1.83. The molecule has 0 bridgehead atoms. The zero-order chi connectivity index (χ0) is 49.2. The predicted molar refractivity (Wildman–Crippen MR) is 185 cm³/mol. The summed E-state index contributed by atoms with van der Waals surface area (Å²) in [6.07, 6.45) is -28.6. The average molecular weight is 1010 g/mol. The Balaban J connectivity index is 0.000000347. The Kier molecular flexibility index (Phi) is 17.5. The lowest BCUT2D eigenvalue weighted by Gasteiger charge is -2.21. The third-order valence-corrected chi connectivity index (χ3v) is 8.18. The normalized spacial score (nSPS) is 12.4. The van der Waals surface area contributed by atoms with Gasteiger partial charge in [0.15, 0.2) is 26.4 Å². The van der Waals surface area contributed by atoms with Crippen LogP contribution in [0.25, 0.3) is 0 Å². The number of ether oxygens (including phenoxy) is 5. The van der Waals surface area contributed by atoms with Crippen LogP contribution in [0.4, 0.5) is 111 Å². The van der Waals surface area contributed by atoms with E-state index in [9.17, 15) is 88.6 Å². The van der Waals surface area contributed by atoms with E-state index >= 15 is 0 Å². The standard InChI is InChI=1S/C16H13F9N4O4S.C14H9F9N4O3S/c1-31-7-29(13(30)28-11-3-2-8(34-11)16(23,24)25)12-26-9(32-5-14(17,18)19)4-10(27-12)33-6-15(20,21)22;15-12(16,17)4-29-7-3-8(30-5-13(18,19)20)25-10(24-7)27-11(28)26-9-2-1-6(31-9)14(21,22)23/h2-4H,5-7H2,1H3,(H,28,30);1-3H,4-5H2,(H2,24,25,26,27,28). The SMILES string of the molecule is COCN(C(=O)Nc1ccc(C(F)(F)F)s1)c1nc(OCC(F)(F)F)cc(OCC(F)(F)F)n1.O=C(Nc1nc(OCC(F)(F)F)cc(OCC(F)(F)F)n1)Nc1ccc(C(F)(F)F)s1. The summed E-state index contributed by atoms with van der Waals surface area (Å²) in [5.41, 5.74) is 0. The van der Waals surface area contributed by atoms with Crippen LogP contribution in [-0.4, -0.2) is 97.0 Å². The molecular weight excluding hydrogens is 990 g/mol. The van der Waals surface area contributed by atoms with Crippen LogP contribution in [0.3, 0.4) is 0 Å². The molecule has 0 aliphatic carbocycles. The quantitative estimate of drug-likeness (QED) is 0.0811. The monoisotopic (exact) mass is 1010 g/mol. The third-order valence-electron chi connectivity index (χ3n) is 6.09. The number of carbonyl (C=O) groups excluding carboxylic acids is 2. The van der Waals surface area contributed by atoms with Crippen LogP contribution in [0.1, 0.15) is 9.75 Å². The summed E-state index contributed by atoms with van der Waals surface area (Å²) >= 11 is 0.332. The molecule has 35 heteroatoms. The molecule has 15 nitrogen and oxygen atoms in total. The van der Waals surface area contributed by atoms with E-state index in [1.165, 1.54) is 0 Å². The van der Waals surface area contributed by atoms with Gasteiger partial charge in [-0.2, -0.15) is 99.0 Å². The van der Waals surface area contributed by atoms with Crippen molar-refractivity contribution in [2.45, 2.75) is 37.1 Å². The number of anilines is 4. The smallest absolute Gasteiger partial charge is 0.425 e. The fourth-order valence-corrected chi connectivity index (χ4v) is 5.29. The molecule has 0 atom stereocenters. The van der Waals surface area contributed by atoms with Gasteiger partial charge in [-0.25, -0.2) is 14.5 Å². The van der Waals surface area contributed by atoms with Crippen molar-refractivity contribution in [2.75, 3.05) is 61.1 Å². The van der Waals surface area contributed by atoms with Gasteiger partial charge in [0.1, 0.15) is 16.5 Å². The van der Waals surface area contributed by atoms with E-state index in [4.69, 9.17) is 4.74 Å². The van der Waals surface area contributed by atoms with E-state index in [-0.39, 0.29) is 32.7 Å². The van der Waals surface area contributed by atoms with E-state index in [0.29, 0.717) is 29.2 Å². The van der Waals surface area contributed by atoms with Crippen LogP contribution < -0.4 is 39.8 Å². The van der Waals surface area contributed by atoms with Crippen molar-refractivity contribution in [2.24, 2.45) is 0 Å². The van der Waals surface area contributed by atoms with Gasteiger partial charge in [0.2, 0.25) is 35.4 Å². The van der Waals surface area contributed by atoms with E-state index in [2.05, 4.69) is 44.2 Å². The highest BCUT2D eigenvalue weighted by Gasteiger charge is 2.35. The Labute approximate surface area is 356 Å². The van der Waals surface area contributed by atoms with Gasteiger partial charge in [0, 0.05) is 7.11 Å². The van der Waals surface area contributed by atoms with E-state index in [0.717, 1.165) is 19.2 Å². The van der Waals surface area contributed by atoms with E-state index in [1.54, 1.807) is 0 Å². The lowest BCUT2D eigenvalue weighted by atomic mass is 10.4. The second-order valence-electron chi connectivity index (χ2n) is 11.5. The van der Waals surface area contributed by atoms with Crippen LogP contribution >= 0.6 is 22.7 Å². The molecule has 4 rings (SSSR count). The predicted octanol–water partition coefficient (Wildman–Crippen LogP) is 10.2. The molecule has 0 unspecified atom stereocenters. The topological polar surface area (TPSA) is 171 Å². The lowest BCUT2D eigenvalue weighted by Crippen LogP contribution is -2.37. The first-order chi connectivity index (χ1) is 29.7. The Hall–Kier alpha value is -6.00. The molecule has 362 valence electrons. The number of carbonyl (C=O) groups is 2. The fourth-order valence-electron chi connectivity index (χ4n) is 3.76. The van der Waals surface area contributed by atoms with Crippen molar-refractivity contribution >= 4 is 56.6 Å². The summed E-state index contributed by atoms with van der Waals surface area (Å²) < 4.78 is 246. The molecule has 0 aromatic carbocycles. The Morgan fingerprint density at radius 2 is 0.892 bits per heavy atom. The summed E-state index contributed by atoms with van der Waals surface area (Å²) in [6.45, 7) is -8.18. The van der Waals surface area contributed by atoms with Gasteiger partial charge in [-0.3, -0.25) is 16.0 Å². The van der Waals surface area contributed by atoms with Gasteiger partial charge in [-0.15, -0.1) is 22.7 Å². The highest BCUT2D eigenvalue weighted by atomic mass is 32.1. The van der Waals surface area contributed by atoms with Crippen LogP contribution in [0.5, 0.6) is 23.5 Å². The van der Waals surface area contributed by atoms with Crippen molar-refractivity contribution in [1.82, 2.24) is 19.9 Å². The molecule has 3 N–H and O–H groups in total. The number of halogens is 18. The Morgan fingerprint density at radius 1 is 0.538 bits per heavy atom. The number of nitrogens with one attached hydrogen (secondary N) is 3. The maximum absolute atomic E-state index is 12.7. The van der Waals surface area contributed by atoms with Gasteiger partial charge >= 0.3 is 49.1 Å². The van der Waals surface area contributed by atoms with E-state index < -0.39 is 127 Å². The van der Waals surface area contributed by atoms with Crippen molar-refractivity contribution in [3.05, 3.63) is 46.2 Å². The number of aromatic nitrogens is 4. The summed E-state index contributed by atoms with van der Waals surface area (Å²) in [5.74, 6) is -5.20. The highest BCUT2D eigenvalue weighted by molar-refractivity contribution is 7.16.